The number of benzene rings is 2. The smallest absolute Gasteiger partial charge is 0.228 e. The lowest BCUT2D eigenvalue weighted by Gasteiger charge is -2.28. The van der Waals surface area contributed by atoms with E-state index in [0.717, 1.165) is 71.0 Å². The number of phenols is 1. The van der Waals surface area contributed by atoms with Crippen LogP contribution in [-0.4, -0.2) is 52.9 Å². The first-order valence-corrected chi connectivity index (χ1v) is 11.3. The lowest BCUT2D eigenvalue weighted by Crippen LogP contribution is -2.37. The maximum atomic E-state index is 10.1. The summed E-state index contributed by atoms with van der Waals surface area (Å²) in [5.41, 5.74) is 5.97. The summed E-state index contributed by atoms with van der Waals surface area (Å²) in [4.78, 5) is 19.3. The van der Waals surface area contributed by atoms with Gasteiger partial charge in [-0.15, -0.1) is 0 Å². The van der Waals surface area contributed by atoms with Gasteiger partial charge in [0.15, 0.2) is 0 Å². The van der Waals surface area contributed by atoms with Crippen molar-refractivity contribution in [3.05, 3.63) is 65.9 Å². The van der Waals surface area contributed by atoms with E-state index >= 15 is 0 Å². The molecule has 0 bridgehead atoms. The third kappa shape index (κ3) is 3.54. The summed E-state index contributed by atoms with van der Waals surface area (Å²) >= 11 is 0. The monoisotopic (exact) mass is 439 g/mol. The molecule has 0 radical (unpaired) electrons. The van der Waals surface area contributed by atoms with Crippen molar-refractivity contribution in [2.45, 2.75) is 13.3 Å². The third-order valence-corrected chi connectivity index (χ3v) is 6.34. The highest BCUT2D eigenvalue weighted by atomic mass is 16.5. The SMILES string of the molecule is Cc1cc(N2CCc3c(-c4cccc(O)c4)nc(N4CCOCC4)nc32)c2ccccc2n1. The third-order valence-electron chi connectivity index (χ3n) is 6.34. The van der Waals surface area contributed by atoms with Crippen LogP contribution in [0.15, 0.2) is 54.6 Å². The van der Waals surface area contributed by atoms with Gasteiger partial charge in [-0.1, -0.05) is 30.3 Å². The van der Waals surface area contributed by atoms with Crippen LogP contribution in [0.4, 0.5) is 17.5 Å². The molecule has 6 rings (SSSR count). The Morgan fingerprint density at radius 2 is 1.76 bits per heavy atom. The van der Waals surface area contributed by atoms with Gasteiger partial charge in [0, 0.05) is 41.8 Å². The van der Waals surface area contributed by atoms with Crippen LogP contribution in [-0.2, 0) is 11.2 Å². The van der Waals surface area contributed by atoms with Gasteiger partial charge in [0.05, 0.1) is 30.1 Å². The minimum absolute atomic E-state index is 0.235. The number of para-hydroxylation sites is 1. The number of aryl methyl sites for hydroxylation is 1. The van der Waals surface area contributed by atoms with Crippen molar-refractivity contribution < 1.29 is 9.84 Å². The first-order chi connectivity index (χ1) is 16.2. The van der Waals surface area contributed by atoms with E-state index in [1.807, 2.05) is 25.1 Å². The van der Waals surface area contributed by atoms with Crippen molar-refractivity contribution >= 4 is 28.4 Å². The molecule has 0 unspecified atom stereocenters. The van der Waals surface area contributed by atoms with E-state index in [1.165, 1.54) is 0 Å². The van der Waals surface area contributed by atoms with Crippen LogP contribution < -0.4 is 9.80 Å². The van der Waals surface area contributed by atoms with Crippen LogP contribution in [0.3, 0.4) is 0 Å². The molecule has 0 saturated carbocycles. The van der Waals surface area contributed by atoms with Crippen molar-refractivity contribution in [2.24, 2.45) is 0 Å². The standard InChI is InChI=1S/C26H25N5O2/c1-17-15-23(20-7-2-3-8-22(20)27-17)31-10-9-21-24(18-5-4-6-19(32)16-18)28-26(29-25(21)31)30-11-13-33-14-12-30/h2-8,15-16,32H,9-14H2,1H3. The molecule has 0 amide bonds. The van der Waals surface area contributed by atoms with E-state index in [2.05, 4.69) is 34.1 Å². The minimum atomic E-state index is 0.235. The first kappa shape index (κ1) is 19.9. The Hall–Kier alpha value is -3.71. The summed E-state index contributed by atoms with van der Waals surface area (Å²) < 4.78 is 5.55. The van der Waals surface area contributed by atoms with Crippen LogP contribution in [0.25, 0.3) is 22.2 Å². The average molecular weight is 440 g/mol. The number of phenolic OH excluding ortho intramolecular Hbond substituents is 1. The molecule has 0 atom stereocenters. The second-order valence-corrected chi connectivity index (χ2v) is 8.53. The molecule has 7 nitrogen and oxygen atoms in total. The lowest BCUT2D eigenvalue weighted by atomic mass is 10.1. The zero-order valence-corrected chi connectivity index (χ0v) is 18.5. The Morgan fingerprint density at radius 3 is 2.61 bits per heavy atom. The number of anilines is 3. The molecule has 166 valence electrons. The Balaban J connectivity index is 1.55. The van der Waals surface area contributed by atoms with Crippen molar-refractivity contribution in [1.29, 1.82) is 0 Å². The van der Waals surface area contributed by atoms with Crippen LogP contribution in [0.5, 0.6) is 5.75 Å². The Kier molecular flexibility index (Phi) is 4.84. The molecular formula is C26H25N5O2. The van der Waals surface area contributed by atoms with E-state index in [-0.39, 0.29) is 5.75 Å². The van der Waals surface area contributed by atoms with Gasteiger partial charge in [0.2, 0.25) is 5.95 Å². The Bertz CT molecular complexity index is 1350. The van der Waals surface area contributed by atoms with E-state index in [4.69, 9.17) is 19.7 Å². The molecule has 4 heterocycles. The lowest BCUT2D eigenvalue weighted by molar-refractivity contribution is 0.122. The zero-order chi connectivity index (χ0) is 22.4. The maximum absolute atomic E-state index is 10.1. The topological polar surface area (TPSA) is 74.6 Å². The maximum Gasteiger partial charge on any atom is 0.228 e. The number of fused-ring (bicyclic) bond motifs is 2. The van der Waals surface area contributed by atoms with Crippen LogP contribution in [0.1, 0.15) is 11.3 Å². The van der Waals surface area contributed by atoms with Gasteiger partial charge in [-0.3, -0.25) is 4.98 Å². The highest BCUT2D eigenvalue weighted by Gasteiger charge is 2.30. The van der Waals surface area contributed by atoms with Gasteiger partial charge in [-0.05, 0) is 37.6 Å². The summed E-state index contributed by atoms with van der Waals surface area (Å²) in [5, 5.41) is 11.2. The molecule has 1 fully saturated rings. The van der Waals surface area contributed by atoms with E-state index in [0.29, 0.717) is 19.2 Å². The molecule has 2 aliphatic rings. The number of ether oxygens (including phenoxy) is 1. The Labute approximate surface area is 192 Å². The summed E-state index contributed by atoms with van der Waals surface area (Å²) in [7, 11) is 0. The van der Waals surface area contributed by atoms with Crippen LogP contribution in [0.2, 0.25) is 0 Å². The molecule has 2 aromatic carbocycles. The van der Waals surface area contributed by atoms with E-state index in [9.17, 15) is 5.11 Å². The molecule has 2 aromatic heterocycles. The van der Waals surface area contributed by atoms with Crippen molar-refractivity contribution in [1.82, 2.24) is 15.0 Å². The molecule has 2 aliphatic heterocycles. The van der Waals surface area contributed by atoms with Crippen molar-refractivity contribution in [3.63, 3.8) is 0 Å². The highest BCUT2D eigenvalue weighted by molar-refractivity contribution is 5.95. The molecule has 0 spiro atoms. The fourth-order valence-corrected chi connectivity index (χ4v) is 4.78. The van der Waals surface area contributed by atoms with E-state index in [1.54, 1.807) is 12.1 Å². The number of hydrogen-bond donors (Lipinski definition) is 1. The number of rotatable bonds is 3. The molecule has 0 aliphatic carbocycles. The Morgan fingerprint density at radius 1 is 0.909 bits per heavy atom. The fourth-order valence-electron chi connectivity index (χ4n) is 4.78. The first-order valence-electron chi connectivity index (χ1n) is 11.3. The van der Waals surface area contributed by atoms with Crippen molar-refractivity contribution in [2.75, 3.05) is 42.6 Å². The second-order valence-electron chi connectivity index (χ2n) is 8.53. The molecule has 33 heavy (non-hydrogen) atoms. The minimum Gasteiger partial charge on any atom is -0.508 e. The second kappa shape index (κ2) is 8.01. The summed E-state index contributed by atoms with van der Waals surface area (Å²) in [6, 6.07) is 17.7. The van der Waals surface area contributed by atoms with Crippen LogP contribution >= 0.6 is 0 Å². The molecule has 4 aromatic rings. The predicted octanol–water partition coefficient (Wildman–Crippen LogP) is 4.24. The van der Waals surface area contributed by atoms with Gasteiger partial charge in [0.1, 0.15) is 11.6 Å². The number of pyridine rings is 1. The quantitative estimate of drug-likeness (QED) is 0.512. The summed E-state index contributed by atoms with van der Waals surface area (Å²) in [6.45, 7) is 5.70. The molecule has 1 saturated heterocycles. The van der Waals surface area contributed by atoms with Gasteiger partial charge >= 0.3 is 0 Å². The van der Waals surface area contributed by atoms with Gasteiger partial charge < -0.3 is 19.6 Å². The molecule has 1 N–H and O–H groups in total. The largest absolute Gasteiger partial charge is 0.508 e. The predicted molar refractivity (Wildman–Crippen MR) is 129 cm³/mol. The summed E-state index contributed by atoms with van der Waals surface area (Å²) in [6.07, 6.45) is 0.833. The normalized spacial score (nSPS) is 15.8. The van der Waals surface area contributed by atoms with Gasteiger partial charge in [-0.2, -0.15) is 4.98 Å². The highest BCUT2D eigenvalue weighted by Crippen LogP contribution is 2.41. The van der Waals surface area contributed by atoms with Crippen LogP contribution in [0, 0.1) is 6.92 Å². The number of nitrogens with zero attached hydrogens (tertiary/aromatic N) is 5. The number of hydrogen-bond acceptors (Lipinski definition) is 7. The number of morpholine rings is 1. The zero-order valence-electron chi connectivity index (χ0n) is 18.5. The molecular weight excluding hydrogens is 414 g/mol. The number of aromatic hydroxyl groups is 1. The number of aromatic nitrogens is 3. The van der Waals surface area contributed by atoms with E-state index < -0.39 is 0 Å². The van der Waals surface area contributed by atoms with Gasteiger partial charge in [-0.25, -0.2) is 4.98 Å². The molecule has 7 heteroatoms. The van der Waals surface area contributed by atoms with Crippen molar-refractivity contribution in [3.8, 4) is 17.0 Å². The average Bonchev–Trinajstić information content (AvgIpc) is 3.27. The van der Waals surface area contributed by atoms with Gasteiger partial charge in [0.25, 0.3) is 0 Å². The fraction of sp³-hybridized carbons (Fsp3) is 0.269. The summed E-state index contributed by atoms with van der Waals surface area (Å²) in [5.74, 6) is 1.87.